The second-order valence-corrected chi connectivity index (χ2v) is 6.88. The van der Waals surface area contributed by atoms with Crippen molar-refractivity contribution in [3.8, 4) is 0 Å². The van der Waals surface area contributed by atoms with Crippen LogP contribution in [-0.4, -0.2) is 17.0 Å². The van der Waals surface area contributed by atoms with Crippen LogP contribution in [0.25, 0.3) is 0 Å². The Kier molecular flexibility index (Phi) is 5.16. The van der Waals surface area contributed by atoms with Crippen LogP contribution in [0.1, 0.15) is 42.5 Å². The number of amides is 2. The van der Waals surface area contributed by atoms with Gasteiger partial charge in [0.05, 0.1) is 25.6 Å². The number of carbonyl (C=O) groups is 1. The van der Waals surface area contributed by atoms with Crippen LogP contribution in [0, 0.1) is 0 Å². The molecule has 0 spiro atoms. The van der Waals surface area contributed by atoms with Crippen LogP contribution in [0.15, 0.2) is 40.5 Å². The average Bonchev–Trinajstić information content (AvgIpc) is 3.21. The fourth-order valence-electron chi connectivity index (χ4n) is 2.91. The van der Waals surface area contributed by atoms with Crippen LogP contribution in [0.2, 0.25) is 0 Å². The number of hydrogen-bond acceptors (Lipinski definition) is 3. The van der Waals surface area contributed by atoms with Gasteiger partial charge in [-0.25, -0.2) is 4.79 Å². The molecular formula is C17H22N2O2S. The maximum Gasteiger partial charge on any atom is 0.318 e. The second-order valence-electron chi connectivity index (χ2n) is 5.85. The summed E-state index contributed by atoms with van der Waals surface area (Å²) in [6.45, 7) is 1.22. The Hall–Kier alpha value is -1.75. The van der Waals surface area contributed by atoms with Crippen LogP contribution in [0.4, 0.5) is 4.79 Å². The van der Waals surface area contributed by atoms with Gasteiger partial charge in [0.1, 0.15) is 0 Å². The standard InChI is InChI=1S/C17H22N2O2S/c20-17(18-15-5-2-1-3-6-15)19(11-14-8-9-21-13-14)12-16-7-4-10-22-16/h4,7-10,13,15H,1-3,5-6,11-12H2,(H,18,20). The van der Waals surface area contributed by atoms with Gasteiger partial charge >= 0.3 is 6.03 Å². The fourth-order valence-corrected chi connectivity index (χ4v) is 3.63. The molecule has 0 radical (unpaired) electrons. The lowest BCUT2D eigenvalue weighted by atomic mass is 9.96. The fraction of sp³-hybridized carbons (Fsp3) is 0.471. The minimum Gasteiger partial charge on any atom is -0.472 e. The normalized spacial score (nSPS) is 15.6. The van der Waals surface area contributed by atoms with Gasteiger partial charge in [0.15, 0.2) is 0 Å². The smallest absolute Gasteiger partial charge is 0.318 e. The largest absolute Gasteiger partial charge is 0.472 e. The first-order valence-electron chi connectivity index (χ1n) is 7.90. The molecule has 0 aliphatic heterocycles. The SMILES string of the molecule is O=C(NC1CCCCC1)N(Cc1ccoc1)Cc1cccs1. The van der Waals surface area contributed by atoms with Gasteiger partial charge in [-0.1, -0.05) is 25.3 Å². The van der Waals surface area contributed by atoms with E-state index in [1.807, 2.05) is 22.4 Å². The lowest BCUT2D eigenvalue weighted by Gasteiger charge is -2.28. The molecule has 4 nitrogen and oxygen atoms in total. The number of nitrogens with zero attached hydrogens (tertiary/aromatic N) is 1. The first-order valence-corrected chi connectivity index (χ1v) is 8.78. The van der Waals surface area contributed by atoms with E-state index >= 15 is 0 Å². The molecular weight excluding hydrogens is 296 g/mol. The molecule has 1 N–H and O–H groups in total. The molecule has 1 fully saturated rings. The van der Waals surface area contributed by atoms with E-state index in [2.05, 4.69) is 11.4 Å². The van der Waals surface area contributed by atoms with E-state index in [0.29, 0.717) is 19.1 Å². The van der Waals surface area contributed by atoms with E-state index in [1.54, 1.807) is 23.9 Å². The quantitative estimate of drug-likeness (QED) is 0.889. The van der Waals surface area contributed by atoms with Gasteiger partial charge < -0.3 is 14.6 Å². The lowest BCUT2D eigenvalue weighted by molar-refractivity contribution is 0.185. The summed E-state index contributed by atoms with van der Waals surface area (Å²) in [5.41, 5.74) is 1.02. The number of carbonyl (C=O) groups excluding carboxylic acids is 1. The molecule has 22 heavy (non-hydrogen) atoms. The molecule has 3 rings (SSSR count). The maximum atomic E-state index is 12.7. The van der Waals surface area contributed by atoms with E-state index in [9.17, 15) is 4.79 Å². The molecule has 0 saturated heterocycles. The molecule has 2 amide bonds. The highest BCUT2D eigenvalue weighted by Gasteiger charge is 2.20. The first kappa shape index (κ1) is 15.2. The predicted octanol–water partition coefficient (Wildman–Crippen LogP) is 4.39. The molecule has 0 unspecified atom stereocenters. The van der Waals surface area contributed by atoms with Crippen LogP contribution >= 0.6 is 11.3 Å². The number of furan rings is 1. The molecule has 2 heterocycles. The highest BCUT2D eigenvalue weighted by molar-refractivity contribution is 7.09. The summed E-state index contributed by atoms with van der Waals surface area (Å²) >= 11 is 1.68. The Morgan fingerprint density at radius 3 is 2.82 bits per heavy atom. The average molecular weight is 318 g/mol. The Labute approximate surface area is 135 Å². The number of nitrogens with one attached hydrogen (secondary N) is 1. The molecule has 118 valence electrons. The number of hydrogen-bond donors (Lipinski definition) is 1. The lowest BCUT2D eigenvalue weighted by Crippen LogP contribution is -2.44. The Morgan fingerprint density at radius 1 is 1.27 bits per heavy atom. The molecule has 1 aliphatic carbocycles. The summed E-state index contributed by atoms with van der Waals surface area (Å²) in [6, 6.07) is 6.36. The summed E-state index contributed by atoms with van der Waals surface area (Å²) in [4.78, 5) is 15.7. The van der Waals surface area contributed by atoms with Crippen LogP contribution < -0.4 is 5.32 Å². The Balaban J connectivity index is 1.64. The third-order valence-corrected chi connectivity index (χ3v) is 4.96. The minimum atomic E-state index is 0.0292. The molecule has 0 atom stereocenters. The van der Waals surface area contributed by atoms with Crippen molar-refractivity contribution in [2.24, 2.45) is 0 Å². The third-order valence-electron chi connectivity index (χ3n) is 4.10. The van der Waals surface area contributed by atoms with Gasteiger partial charge in [-0.15, -0.1) is 11.3 Å². The zero-order chi connectivity index (χ0) is 15.2. The maximum absolute atomic E-state index is 12.7. The monoisotopic (exact) mass is 318 g/mol. The summed E-state index contributed by atoms with van der Waals surface area (Å²) in [7, 11) is 0. The first-order chi connectivity index (χ1) is 10.8. The van der Waals surface area contributed by atoms with Crippen molar-refractivity contribution >= 4 is 17.4 Å². The second kappa shape index (κ2) is 7.49. The summed E-state index contributed by atoms with van der Waals surface area (Å²) in [5, 5.41) is 5.25. The molecule has 5 heteroatoms. The van der Waals surface area contributed by atoms with Crippen molar-refractivity contribution in [2.75, 3.05) is 0 Å². The summed E-state index contributed by atoms with van der Waals surface area (Å²) < 4.78 is 5.12. The highest BCUT2D eigenvalue weighted by atomic mass is 32.1. The molecule has 0 bridgehead atoms. The highest BCUT2D eigenvalue weighted by Crippen LogP contribution is 2.19. The van der Waals surface area contributed by atoms with Crippen LogP contribution in [0.3, 0.4) is 0 Å². The van der Waals surface area contributed by atoms with Gasteiger partial charge in [-0.3, -0.25) is 0 Å². The summed E-state index contributed by atoms with van der Waals surface area (Å²) in [6.07, 6.45) is 9.29. The van der Waals surface area contributed by atoms with E-state index in [0.717, 1.165) is 18.4 Å². The number of rotatable bonds is 5. The van der Waals surface area contributed by atoms with Gasteiger partial charge in [0.25, 0.3) is 0 Å². The molecule has 0 aromatic carbocycles. The predicted molar refractivity (Wildman–Crippen MR) is 87.7 cm³/mol. The zero-order valence-electron chi connectivity index (χ0n) is 12.7. The molecule has 2 aromatic rings. The molecule has 1 aliphatic rings. The minimum absolute atomic E-state index is 0.0292. The van der Waals surface area contributed by atoms with Gasteiger partial charge in [-0.2, -0.15) is 0 Å². The van der Waals surface area contributed by atoms with Gasteiger partial charge in [-0.05, 0) is 30.4 Å². The van der Waals surface area contributed by atoms with Crippen molar-refractivity contribution in [3.63, 3.8) is 0 Å². The van der Waals surface area contributed by atoms with Gasteiger partial charge in [0.2, 0.25) is 0 Å². The van der Waals surface area contributed by atoms with Gasteiger partial charge in [0, 0.05) is 16.5 Å². The van der Waals surface area contributed by atoms with E-state index in [4.69, 9.17) is 4.42 Å². The van der Waals surface area contributed by atoms with Crippen LogP contribution in [0.5, 0.6) is 0 Å². The zero-order valence-corrected chi connectivity index (χ0v) is 13.5. The van der Waals surface area contributed by atoms with Crippen molar-refractivity contribution in [3.05, 3.63) is 46.5 Å². The Bertz CT molecular complexity index is 523. The topological polar surface area (TPSA) is 45.5 Å². The van der Waals surface area contributed by atoms with E-state index < -0.39 is 0 Å². The Morgan fingerprint density at radius 2 is 2.14 bits per heavy atom. The van der Waals surface area contributed by atoms with Crippen molar-refractivity contribution in [1.82, 2.24) is 10.2 Å². The van der Waals surface area contributed by atoms with Crippen molar-refractivity contribution < 1.29 is 9.21 Å². The molecule has 1 saturated carbocycles. The van der Waals surface area contributed by atoms with E-state index in [1.165, 1.54) is 24.1 Å². The number of urea groups is 1. The van der Waals surface area contributed by atoms with Crippen molar-refractivity contribution in [1.29, 1.82) is 0 Å². The van der Waals surface area contributed by atoms with Crippen LogP contribution in [-0.2, 0) is 13.1 Å². The number of thiophene rings is 1. The van der Waals surface area contributed by atoms with Crippen molar-refractivity contribution in [2.45, 2.75) is 51.2 Å². The van der Waals surface area contributed by atoms with E-state index in [-0.39, 0.29) is 6.03 Å². The molecule has 2 aromatic heterocycles. The third kappa shape index (κ3) is 4.13. The summed E-state index contributed by atoms with van der Waals surface area (Å²) in [5.74, 6) is 0.